The number of rotatable bonds is 4. The fourth-order valence-electron chi connectivity index (χ4n) is 2.44. The molecule has 0 radical (unpaired) electrons. The van der Waals surface area contributed by atoms with Crippen molar-refractivity contribution >= 4 is 11.7 Å². The molecule has 0 aliphatic carbocycles. The van der Waals surface area contributed by atoms with E-state index in [0.29, 0.717) is 5.75 Å². The SMILES string of the molecule is COc1ccc(C(=O)Oc2c(C)cc(C)cc2C)cc1[N+](=O)[O-]. The number of methoxy groups -OCH3 is 1. The average molecular weight is 315 g/mol. The number of aryl methyl sites for hydroxylation is 3. The van der Waals surface area contributed by atoms with Crippen LogP contribution in [0.2, 0.25) is 0 Å². The maximum atomic E-state index is 12.3. The first-order valence-corrected chi connectivity index (χ1v) is 6.96. The lowest BCUT2D eigenvalue weighted by Gasteiger charge is -2.12. The zero-order valence-electron chi connectivity index (χ0n) is 13.4. The van der Waals surface area contributed by atoms with Gasteiger partial charge in [-0.2, -0.15) is 0 Å². The first kappa shape index (κ1) is 16.5. The highest BCUT2D eigenvalue weighted by atomic mass is 16.6. The van der Waals surface area contributed by atoms with Gasteiger partial charge in [0.2, 0.25) is 0 Å². The molecule has 0 heterocycles. The molecule has 2 aromatic carbocycles. The summed E-state index contributed by atoms with van der Waals surface area (Å²) in [6.07, 6.45) is 0. The molecule has 2 rings (SSSR count). The molecule has 0 amide bonds. The molecule has 6 heteroatoms. The Labute approximate surface area is 133 Å². The largest absolute Gasteiger partial charge is 0.490 e. The predicted molar refractivity (Wildman–Crippen MR) is 85.3 cm³/mol. The van der Waals surface area contributed by atoms with E-state index in [-0.39, 0.29) is 17.0 Å². The van der Waals surface area contributed by atoms with Crippen LogP contribution >= 0.6 is 0 Å². The summed E-state index contributed by atoms with van der Waals surface area (Å²) in [6.45, 7) is 5.65. The molecule has 0 fully saturated rings. The molecule has 2 aromatic rings. The van der Waals surface area contributed by atoms with Crippen LogP contribution in [-0.2, 0) is 0 Å². The highest BCUT2D eigenvalue weighted by Crippen LogP contribution is 2.29. The maximum absolute atomic E-state index is 12.3. The molecule has 0 unspecified atom stereocenters. The van der Waals surface area contributed by atoms with E-state index in [9.17, 15) is 14.9 Å². The van der Waals surface area contributed by atoms with Crippen LogP contribution in [0.15, 0.2) is 30.3 Å². The van der Waals surface area contributed by atoms with Crippen LogP contribution in [0, 0.1) is 30.9 Å². The van der Waals surface area contributed by atoms with Gasteiger partial charge in [-0.3, -0.25) is 10.1 Å². The van der Waals surface area contributed by atoms with Gasteiger partial charge in [-0.25, -0.2) is 4.79 Å². The second kappa shape index (κ2) is 6.48. The number of nitrogens with zero attached hydrogens (tertiary/aromatic N) is 1. The molecule has 120 valence electrons. The minimum Gasteiger partial charge on any atom is -0.490 e. The number of benzene rings is 2. The zero-order chi connectivity index (χ0) is 17.1. The molecule has 0 atom stereocenters. The summed E-state index contributed by atoms with van der Waals surface area (Å²) in [6, 6.07) is 7.79. The zero-order valence-corrected chi connectivity index (χ0v) is 13.4. The Kier molecular flexibility index (Phi) is 4.64. The van der Waals surface area contributed by atoms with Crippen LogP contribution in [-0.4, -0.2) is 18.0 Å². The summed E-state index contributed by atoms with van der Waals surface area (Å²) in [7, 11) is 1.33. The third kappa shape index (κ3) is 3.48. The molecule has 0 bridgehead atoms. The van der Waals surface area contributed by atoms with Crippen molar-refractivity contribution in [1.29, 1.82) is 0 Å². The Bertz CT molecular complexity index is 760. The van der Waals surface area contributed by atoms with Gasteiger partial charge >= 0.3 is 11.7 Å². The number of nitro groups is 1. The maximum Gasteiger partial charge on any atom is 0.343 e. The van der Waals surface area contributed by atoms with Gasteiger partial charge in [0.25, 0.3) is 0 Å². The lowest BCUT2D eigenvalue weighted by atomic mass is 10.1. The van der Waals surface area contributed by atoms with Crippen molar-refractivity contribution in [2.24, 2.45) is 0 Å². The molecule has 0 N–H and O–H groups in total. The number of ether oxygens (including phenoxy) is 2. The van der Waals surface area contributed by atoms with Gasteiger partial charge < -0.3 is 9.47 Å². The molecular weight excluding hydrogens is 298 g/mol. The highest BCUT2D eigenvalue weighted by molar-refractivity contribution is 5.92. The second-order valence-corrected chi connectivity index (χ2v) is 5.26. The summed E-state index contributed by atoms with van der Waals surface area (Å²) in [5.41, 5.74) is 2.55. The van der Waals surface area contributed by atoms with Crippen molar-refractivity contribution in [3.63, 3.8) is 0 Å². The number of hydrogen-bond donors (Lipinski definition) is 0. The Hall–Kier alpha value is -2.89. The number of nitro benzene ring substituents is 1. The molecule has 0 saturated heterocycles. The van der Waals surface area contributed by atoms with Crippen LogP contribution in [0.4, 0.5) is 5.69 Å². The van der Waals surface area contributed by atoms with Crippen LogP contribution in [0.25, 0.3) is 0 Å². The topological polar surface area (TPSA) is 78.7 Å². The predicted octanol–water partition coefficient (Wildman–Crippen LogP) is 3.75. The first-order valence-electron chi connectivity index (χ1n) is 6.96. The smallest absolute Gasteiger partial charge is 0.343 e. The molecule has 0 aromatic heterocycles. The molecule has 6 nitrogen and oxygen atoms in total. The fourth-order valence-corrected chi connectivity index (χ4v) is 2.44. The van der Waals surface area contributed by atoms with Crippen molar-refractivity contribution in [2.45, 2.75) is 20.8 Å². The van der Waals surface area contributed by atoms with Gasteiger partial charge in [-0.05, 0) is 44.0 Å². The van der Waals surface area contributed by atoms with Crippen LogP contribution in [0.5, 0.6) is 11.5 Å². The number of carbonyl (C=O) groups is 1. The average Bonchev–Trinajstić information content (AvgIpc) is 2.49. The summed E-state index contributed by atoms with van der Waals surface area (Å²) in [5, 5.41) is 11.0. The summed E-state index contributed by atoms with van der Waals surface area (Å²) >= 11 is 0. The minimum absolute atomic E-state index is 0.0919. The molecule has 0 saturated carbocycles. The fraction of sp³-hybridized carbons (Fsp3) is 0.235. The van der Waals surface area contributed by atoms with Gasteiger partial charge in [-0.15, -0.1) is 0 Å². The summed E-state index contributed by atoms with van der Waals surface area (Å²) in [5.74, 6) is -0.0841. The Morgan fingerprint density at radius 1 is 1.09 bits per heavy atom. The van der Waals surface area contributed by atoms with E-state index >= 15 is 0 Å². The second-order valence-electron chi connectivity index (χ2n) is 5.26. The number of carbonyl (C=O) groups excluding carboxylic acids is 1. The van der Waals surface area contributed by atoms with Gasteiger partial charge in [0.15, 0.2) is 5.75 Å². The molecular formula is C17H17NO5. The highest BCUT2D eigenvalue weighted by Gasteiger charge is 2.20. The molecule has 0 aliphatic rings. The molecule has 23 heavy (non-hydrogen) atoms. The summed E-state index contributed by atoms with van der Waals surface area (Å²) in [4.78, 5) is 22.7. The van der Waals surface area contributed by atoms with Crippen molar-refractivity contribution in [3.8, 4) is 11.5 Å². The monoisotopic (exact) mass is 315 g/mol. The molecule has 0 spiro atoms. The van der Waals surface area contributed by atoms with Gasteiger partial charge in [0.1, 0.15) is 5.75 Å². The third-order valence-electron chi connectivity index (χ3n) is 3.41. The standard InChI is InChI=1S/C17H17NO5/c1-10-7-11(2)16(12(3)8-10)23-17(19)13-5-6-15(22-4)14(9-13)18(20)21/h5-9H,1-4H3. The van der Waals surface area contributed by atoms with E-state index < -0.39 is 10.9 Å². The van der Waals surface area contributed by atoms with Crippen LogP contribution in [0.3, 0.4) is 0 Å². The van der Waals surface area contributed by atoms with Gasteiger partial charge in [-0.1, -0.05) is 17.7 Å². The van der Waals surface area contributed by atoms with Crippen molar-refractivity contribution in [1.82, 2.24) is 0 Å². The molecule has 0 aliphatic heterocycles. The Balaban J connectivity index is 2.35. The van der Waals surface area contributed by atoms with E-state index in [1.807, 2.05) is 32.9 Å². The summed E-state index contributed by atoms with van der Waals surface area (Å²) < 4.78 is 10.3. The van der Waals surface area contributed by atoms with Crippen LogP contribution < -0.4 is 9.47 Å². The lowest BCUT2D eigenvalue weighted by molar-refractivity contribution is -0.385. The Morgan fingerprint density at radius 2 is 1.70 bits per heavy atom. The van der Waals surface area contributed by atoms with Crippen molar-refractivity contribution in [3.05, 3.63) is 62.7 Å². The van der Waals surface area contributed by atoms with E-state index in [1.54, 1.807) is 0 Å². The normalized spacial score (nSPS) is 10.3. The van der Waals surface area contributed by atoms with Gasteiger partial charge in [0, 0.05) is 6.07 Å². The Morgan fingerprint density at radius 3 is 2.22 bits per heavy atom. The number of esters is 1. The third-order valence-corrected chi connectivity index (χ3v) is 3.41. The quantitative estimate of drug-likeness (QED) is 0.371. The van der Waals surface area contributed by atoms with Crippen molar-refractivity contribution in [2.75, 3.05) is 7.11 Å². The van der Waals surface area contributed by atoms with E-state index in [2.05, 4.69) is 0 Å². The van der Waals surface area contributed by atoms with E-state index in [1.165, 1.54) is 19.2 Å². The van der Waals surface area contributed by atoms with E-state index in [4.69, 9.17) is 9.47 Å². The van der Waals surface area contributed by atoms with Crippen molar-refractivity contribution < 1.29 is 19.2 Å². The van der Waals surface area contributed by atoms with E-state index in [0.717, 1.165) is 22.8 Å². The minimum atomic E-state index is -0.647. The lowest BCUT2D eigenvalue weighted by Crippen LogP contribution is -2.11. The number of hydrogen-bond acceptors (Lipinski definition) is 5. The van der Waals surface area contributed by atoms with Gasteiger partial charge in [0.05, 0.1) is 17.6 Å². The first-order chi connectivity index (χ1) is 10.8. The van der Waals surface area contributed by atoms with Crippen LogP contribution in [0.1, 0.15) is 27.0 Å².